The Morgan fingerprint density at radius 1 is 1.46 bits per heavy atom. The summed E-state index contributed by atoms with van der Waals surface area (Å²) in [6, 6.07) is 3.90. The summed E-state index contributed by atoms with van der Waals surface area (Å²) in [5, 5.41) is 9.78. The van der Waals surface area contributed by atoms with Crippen LogP contribution in [0.4, 0.5) is 0 Å². The van der Waals surface area contributed by atoms with Crippen LogP contribution in [0.5, 0.6) is 0 Å². The monoisotopic (exact) mass is 199 g/mol. The Bertz CT molecular complexity index is 259. The number of thiophene rings is 1. The fourth-order valence-corrected chi connectivity index (χ4v) is 2.19. The Balaban J connectivity index is 2.70. The smallest absolute Gasteiger partial charge is 0.103 e. The second-order valence-corrected chi connectivity index (χ2v) is 4.37. The minimum absolute atomic E-state index is 0.136. The summed E-state index contributed by atoms with van der Waals surface area (Å²) in [6.45, 7) is 4.10. The lowest BCUT2D eigenvalue weighted by Gasteiger charge is -2.14. The van der Waals surface area contributed by atoms with Gasteiger partial charge in [0, 0.05) is 15.8 Å². The maximum atomic E-state index is 9.78. The van der Waals surface area contributed by atoms with E-state index in [0.717, 1.165) is 17.7 Å². The molecule has 13 heavy (non-hydrogen) atoms. The van der Waals surface area contributed by atoms with Crippen molar-refractivity contribution in [3.8, 4) is 0 Å². The molecule has 3 N–H and O–H groups in total. The van der Waals surface area contributed by atoms with Gasteiger partial charge in [-0.2, -0.15) is 0 Å². The van der Waals surface area contributed by atoms with Crippen LogP contribution in [0.1, 0.15) is 36.1 Å². The van der Waals surface area contributed by atoms with E-state index in [1.54, 1.807) is 11.3 Å². The van der Waals surface area contributed by atoms with Gasteiger partial charge in [-0.15, -0.1) is 11.3 Å². The predicted octanol–water partition coefficient (Wildman–Crippen LogP) is 2.08. The molecule has 1 aromatic heterocycles. The maximum absolute atomic E-state index is 9.78. The molecule has 1 aromatic rings. The fourth-order valence-electron chi connectivity index (χ4n) is 1.18. The minimum atomic E-state index is -0.490. The zero-order valence-corrected chi connectivity index (χ0v) is 8.97. The van der Waals surface area contributed by atoms with Crippen molar-refractivity contribution in [2.45, 2.75) is 38.8 Å². The highest BCUT2D eigenvalue weighted by Gasteiger charge is 2.16. The lowest BCUT2D eigenvalue weighted by Crippen LogP contribution is -2.26. The van der Waals surface area contributed by atoms with Gasteiger partial charge in [0.05, 0.1) is 0 Å². The minimum Gasteiger partial charge on any atom is -0.386 e. The molecule has 0 spiro atoms. The molecule has 74 valence electrons. The summed E-state index contributed by atoms with van der Waals surface area (Å²) < 4.78 is 0. The van der Waals surface area contributed by atoms with Crippen molar-refractivity contribution in [3.05, 3.63) is 21.9 Å². The summed E-state index contributed by atoms with van der Waals surface area (Å²) in [7, 11) is 0. The van der Waals surface area contributed by atoms with Gasteiger partial charge in [-0.05, 0) is 25.0 Å². The van der Waals surface area contributed by atoms with Gasteiger partial charge < -0.3 is 10.8 Å². The first-order valence-electron chi connectivity index (χ1n) is 4.71. The third-order valence-corrected chi connectivity index (χ3v) is 3.50. The number of aliphatic hydroxyl groups is 1. The topological polar surface area (TPSA) is 46.2 Å². The maximum Gasteiger partial charge on any atom is 0.103 e. The van der Waals surface area contributed by atoms with E-state index in [-0.39, 0.29) is 6.04 Å². The summed E-state index contributed by atoms with van der Waals surface area (Å²) in [4.78, 5) is 2.29. The van der Waals surface area contributed by atoms with Crippen molar-refractivity contribution in [3.63, 3.8) is 0 Å². The van der Waals surface area contributed by atoms with Crippen molar-refractivity contribution in [1.82, 2.24) is 0 Å². The van der Waals surface area contributed by atoms with Crippen LogP contribution in [-0.4, -0.2) is 11.1 Å². The van der Waals surface area contributed by atoms with E-state index >= 15 is 0 Å². The van der Waals surface area contributed by atoms with E-state index in [4.69, 9.17) is 5.73 Å². The van der Waals surface area contributed by atoms with E-state index < -0.39 is 6.10 Å². The predicted molar refractivity (Wildman–Crippen MR) is 56.9 cm³/mol. The molecular formula is C10H17NOS. The summed E-state index contributed by atoms with van der Waals surface area (Å²) in [5.74, 6) is 0. The van der Waals surface area contributed by atoms with Gasteiger partial charge in [0.2, 0.25) is 0 Å². The SMILES string of the molecule is CCc1ccc(C(O)C(N)CC)s1. The van der Waals surface area contributed by atoms with Crippen molar-refractivity contribution >= 4 is 11.3 Å². The van der Waals surface area contributed by atoms with Crippen LogP contribution < -0.4 is 5.73 Å². The first-order valence-corrected chi connectivity index (χ1v) is 5.52. The molecule has 2 atom stereocenters. The normalized spacial score (nSPS) is 15.7. The Kier molecular flexibility index (Phi) is 3.90. The number of aryl methyl sites for hydroxylation is 1. The number of aliphatic hydroxyl groups excluding tert-OH is 1. The average Bonchev–Trinajstić information content (AvgIpc) is 2.63. The van der Waals surface area contributed by atoms with Crippen LogP contribution in [0.3, 0.4) is 0 Å². The molecule has 0 aliphatic rings. The van der Waals surface area contributed by atoms with Crippen LogP contribution in [0.25, 0.3) is 0 Å². The van der Waals surface area contributed by atoms with E-state index in [1.807, 2.05) is 13.0 Å². The standard InChI is InChI=1S/C10H17NOS/c1-3-7-5-6-9(13-7)10(12)8(11)4-2/h5-6,8,10,12H,3-4,11H2,1-2H3. The van der Waals surface area contributed by atoms with Gasteiger partial charge in [-0.1, -0.05) is 13.8 Å². The van der Waals surface area contributed by atoms with Gasteiger partial charge in [-0.3, -0.25) is 0 Å². The Morgan fingerprint density at radius 2 is 2.15 bits per heavy atom. The number of hydrogen-bond acceptors (Lipinski definition) is 3. The molecule has 2 unspecified atom stereocenters. The Morgan fingerprint density at radius 3 is 2.62 bits per heavy atom. The van der Waals surface area contributed by atoms with Crippen LogP contribution in [0, 0.1) is 0 Å². The largest absolute Gasteiger partial charge is 0.386 e. The summed E-state index contributed by atoms with van der Waals surface area (Å²) in [5.41, 5.74) is 5.76. The van der Waals surface area contributed by atoms with E-state index in [2.05, 4.69) is 13.0 Å². The molecule has 0 saturated carbocycles. The van der Waals surface area contributed by atoms with Gasteiger partial charge in [0.25, 0.3) is 0 Å². The molecule has 2 nitrogen and oxygen atoms in total. The Hall–Kier alpha value is -0.380. The molecule has 0 aromatic carbocycles. The number of rotatable bonds is 4. The molecule has 0 bridgehead atoms. The van der Waals surface area contributed by atoms with Crippen molar-refractivity contribution in [2.75, 3.05) is 0 Å². The average molecular weight is 199 g/mol. The van der Waals surface area contributed by atoms with E-state index in [1.165, 1.54) is 4.88 Å². The Labute approximate surface area is 83.4 Å². The molecule has 1 rings (SSSR count). The van der Waals surface area contributed by atoms with Crippen molar-refractivity contribution < 1.29 is 5.11 Å². The van der Waals surface area contributed by atoms with E-state index in [0.29, 0.717) is 0 Å². The summed E-state index contributed by atoms with van der Waals surface area (Å²) in [6.07, 6.45) is 1.34. The second-order valence-electron chi connectivity index (χ2n) is 3.17. The molecule has 0 saturated heterocycles. The molecule has 1 heterocycles. The lowest BCUT2D eigenvalue weighted by atomic mass is 10.1. The molecule has 0 amide bonds. The number of nitrogens with two attached hydrogens (primary N) is 1. The molecule has 0 fully saturated rings. The first-order chi connectivity index (χ1) is 6.19. The molecular weight excluding hydrogens is 182 g/mol. The first kappa shape index (κ1) is 10.7. The van der Waals surface area contributed by atoms with Crippen LogP contribution >= 0.6 is 11.3 Å². The quantitative estimate of drug-likeness (QED) is 0.780. The third kappa shape index (κ3) is 2.53. The van der Waals surface area contributed by atoms with E-state index in [9.17, 15) is 5.11 Å². The second kappa shape index (κ2) is 4.74. The highest BCUT2D eigenvalue weighted by molar-refractivity contribution is 7.12. The highest BCUT2D eigenvalue weighted by atomic mass is 32.1. The highest BCUT2D eigenvalue weighted by Crippen LogP contribution is 2.25. The van der Waals surface area contributed by atoms with Crippen molar-refractivity contribution in [2.24, 2.45) is 5.73 Å². The zero-order valence-electron chi connectivity index (χ0n) is 8.16. The van der Waals surface area contributed by atoms with Crippen LogP contribution in [0.15, 0.2) is 12.1 Å². The van der Waals surface area contributed by atoms with Crippen molar-refractivity contribution in [1.29, 1.82) is 0 Å². The van der Waals surface area contributed by atoms with Gasteiger partial charge in [0.1, 0.15) is 6.10 Å². The number of hydrogen-bond donors (Lipinski definition) is 2. The zero-order chi connectivity index (χ0) is 9.84. The third-order valence-electron chi connectivity index (χ3n) is 2.20. The van der Waals surface area contributed by atoms with Gasteiger partial charge >= 0.3 is 0 Å². The molecule has 3 heteroatoms. The molecule has 0 aliphatic heterocycles. The van der Waals surface area contributed by atoms with Gasteiger partial charge in [0.15, 0.2) is 0 Å². The molecule has 0 radical (unpaired) electrons. The van der Waals surface area contributed by atoms with Crippen LogP contribution in [-0.2, 0) is 6.42 Å². The fraction of sp³-hybridized carbons (Fsp3) is 0.600. The van der Waals surface area contributed by atoms with Gasteiger partial charge in [-0.25, -0.2) is 0 Å². The van der Waals surface area contributed by atoms with Crippen LogP contribution in [0.2, 0.25) is 0 Å². The molecule has 0 aliphatic carbocycles. The summed E-state index contributed by atoms with van der Waals surface area (Å²) >= 11 is 1.65. The lowest BCUT2D eigenvalue weighted by molar-refractivity contribution is 0.148.